The quantitative estimate of drug-likeness (QED) is 0.285. The van der Waals surface area contributed by atoms with Crippen LogP contribution in [0.2, 0.25) is 5.28 Å². The lowest BCUT2D eigenvalue weighted by atomic mass is 10.0. The summed E-state index contributed by atoms with van der Waals surface area (Å²) in [5, 5.41) is 8.62. The number of benzene rings is 2. The smallest absolute Gasteiger partial charge is 0.243 e. The maximum absolute atomic E-state index is 6.16. The Hall–Kier alpha value is -2.66. The summed E-state index contributed by atoms with van der Waals surface area (Å²) in [6.45, 7) is 13.1. The molecule has 0 N–H and O–H groups in total. The summed E-state index contributed by atoms with van der Waals surface area (Å²) < 4.78 is 0. The fraction of sp³-hybridized carbons (Fsp3) is 0.444. The van der Waals surface area contributed by atoms with Gasteiger partial charge in [0, 0.05) is 48.7 Å². The molecule has 0 spiro atoms. The molecule has 0 fully saturated rings. The maximum atomic E-state index is 6.16. The van der Waals surface area contributed by atoms with Crippen LogP contribution in [0, 0.1) is 0 Å². The Morgan fingerprint density at radius 1 is 0.576 bits per heavy atom. The van der Waals surface area contributed by atoms with Crippen molar-refractivity contribution in [1.82, 2.24) is 15.2 Å². The molecule has 3 aromatic rings. The zero-order chi connectivity index (χ0) is 23.6. The summed E-state index contributed by atoms with van der Waals surface area (Å²) in [5.74, 6) is 0. The number of halogens is 1. The van der Waals surface area contributed by atoms with Gasteiger partial charge < -0.3 is 9.80 Å². The summed E-state index contributed by atoms with van der Waals surface area (Å²) in [7, 11) is 0. The van der Waals surface area contributed by atoms with Crippen LogP contribution < -0.4 is 9.80 Å². The van der Waals surface area contributed by atoms with Crippen molar-refractivity contribution in [1.29, 1.82) is 0 Å². The van der Waals surface area contributed by atoms with Crippen LogP contribution in [0.25, 0.3) is 22.5 Å². The van der Waals surface area contributed by atoms with E-state index in [1.807, 2.05) is 0 Å². The second-order valence-corrected chi connectivity index (χ2v) is 8.68. The Morgan fingerprint density at radius 2 is 0.970 bits per heavy atom. The van der Waals surface area contributed by atoms with Crippen molar-refractivity contribution in [2.75, 3.05) is 36.0 Å². The van der Waals surface area contributed by atoms with Gasteiger partial charge in [-0.3, -0.25) is 0 Å². The average Bonchev–Trinajstić information content (AvgIpc) is 2.84. The Balaban J connectivity index is 1.92. The zero-order valence-electron chi connectivity index (χ0n) is 20.4. The van der Waals surface area contributed by atoms with Crippen LogP contribution >= 0.6 is 11.6 Å². The summed E-state index contributed by atoms with van der Waals surface area (Å²) >= 11 is 6.16. The normalized spacial score (nSPS) is 10.9. The Kier molecular flexibility index (Phi) is 9.49. The van der Waals surface area contributed by atoms with E-state index < -0.39 is 0 Å². The van der Waals surface area contributed by atoms with E-state index in [4.69, 9.17) is 11.6 Å². The minimum Gasteiger partial charge on any atom is -0.372 e. The standard InChI is InChI=1S/C27H36ClN5/c1-5-17-32(18-6-2)23-13-9-21(10-14-23)25-26(30-31-27(28)29-25)22-11-15-24(16-12-22)33(19-7-3)20-8-4/h9-16H,5-8,17-20H2,1-4H3. The van der Waals surface area contributed by atoms with Crippen molar-refractivity contribution in [3.05, 3.63) is 53.8 Å². The van der Waals surface area contributed by atoms with Crippen molar-refractivity contribution in [3.63, 3.8) is 0 Å². The molecule has 1 heterocycles. The molecule has 2 aromatic carbocycles. The summed E-state index contributed by atoms with van der Waals surface area (Å²) in [5.41, 5.74) is 5.94. The highest BCUT2D eigenvalue weighted by atomic mass is 35.5. The average molecular weight is 466 g/mol. The molecule has 6 heteroatoms. The Labute approximate surface area is 203 Å². The molecule has 176 valence electrons. The summed E-state index contributed by atoms with van der Waals surface area (Å²) in [6, 6.07) is 17.1. The van der Waals surface area contributed by atoms with Crippen molar-refractivity contribution < 1.29 is 0 Å². The first-order valence-corrected chi connectivity index (χ1v) is 12.6. The number of hydrogen-bond acceptors (Lipinski definition) is 5. The maximum Gasteiger partial charge on any atom is 0.243 e. The number of rotatable bonds is 12. The zero-order valence-corrected chi connectivity index (χ0v) is 21.1. The number of aromatic nitrogens is 3. The van der Waals surface area contributed by atoms with Crippen LogP contribution in [0.3, 0.4) is 0 Å². The Bertz CT molecular complexity index is 976. The largest absolute Gasteiger partial charge is 0.372 e. The lowest BCUT2D eigenvalue weighted by Gasteiger charge is -2.24. The van der Waals surface area contributed by atoms with Gasteiger partial charge in [-0.05, 0) is 61.5 Å². The number of hydrogen-bond donors (Lipinski definition) is 0. The molecule has 0 aliphatic heterocycles. The third-order valence-corrected chi connectivity index (χ3v) is 5.81. The molecule has 0 aliphatic rings. The molecule has 0 radical (unpaired) electrons. The van der Waals surface area contributed by atoms with Crippen LogP contribution in [0.15, 0.2) is 48.5 Å². The molecule has 1 aromatic heterocycles. The van der Waals surface area contributed by atoms with Crippen LogP contribution in [0.4, 0.5) is 11.4 Å². The second-order valence-electron chi connectivity index (χ2n) is 8.35. The molecule has 5 nitrogen and oxygen atoms in total. The van der Waals surface area contributed by atoms with Crippen LogP contribution in [0.1, 0.15) is 53.4 Å². The van der Waals surface area contributed by atoms with Crippen LogP contribution in [0.5, 0.6) is 0 Å². The monoisotopic (exact) mass is 465 g/mol. The molecular formula is C27H36ClN5. The molecule has 33 heavy (non-hydrogen) atoms. The van der Waals surface area contributed by atoms with Crippen LogP contribution in [-0.2, 0) is 0 Å². The van der Waals surface area contributed by atoms with Gasteiger partial charge >= 0.3 is 0 Å². The van der Waals surface area contributed by atoms with E-state index in [0.717, 1.165) is 74.4 Å². The van der Waals surface area contributed by atoms with Gasteiger partial charge in [0.1, 0.15) is 11.4 Å². The van der Waals surface area contributed by atoms with Gasteiger partial charge in [0.2, 0.25) is 5.28 Å². The van der Waals surface area contributed by atoms with Gasteiger partial charge in [0.15, 0.2) is 0 Å². The fourth-order valence-corrected chi connectivity index (χ4v) is 4.30. The third kappa shape index (κ3) is 6.44. The highest BCUT2D eigenvalue weighted by molar-refractivity contribution is 6.28. The first-order chi connectivity index (χ1) is 16.1. The minimum atomic E-state index is 0.158. The van der Waals surface area contributed by atoms with E-state index in [0.29, 0.717) is 0 Å². The van der Waals surface area contributed by atoms with Crippen molar-refractivity contribution in [2.24, 2.45) is 0 Å². The van der Waals surface area contributed by atoms with Crippen molar-refractivity contribution >= 4 is 23.0 Å². The van der Waals surface area contributed by atoms with Gasteiger partial charge in [0.25, 0.3) is 0 Å². The van der Waals surface area contributed by atoms with E-state index in [9.17, 15) is 0 Å². The molecule has 0 atom stereocenters. The molecule has 0 amide bonds. The van der Waals surface area contributed by atoms with Crippen molar-refractivity contribution in [2.45, 2.75) is 53.4 Å². The summed E-state index contributed by atoms with van der Waals surface area (Å²) in [4.78, 5) is 9.40. The molecule has 0 unspecified atom stereocenters. The van der Waals surface area contributed by atoms with Gasteiger partial charge in [-0.25, -0.2) is 4.98 Å². The topological polar surface area (TPSA) is 45.2 Å². The van der Waals surface area contributed by atoms with Gasteiger partial charge in [0.05, 0.1) is 0 Å². The number of nitrogens with zero attached hydrogens (tertiary/aromatic N) is 5. The van der Waals surface area contributed by atoms with Gasteiger partial charge in [-0.15, -0.1) is 10.2 Å². The minimum absolute atomic E-state index is 0.158. The first kappa shape index (κ1) is 25.0. The van der Waals surface area contributed by atoms with Crippen LogP contribution in [-0.4, -0.2) is 41.4 Å². The summed E-state index contributed by atoms with van der Waals surface area (Å²) in [6.07, 6.45) is 4.51. The van der Waals surface area contributed by atoms with E-state index in [1.165, 1.54) is 11.4 Å². The molecule has 0 bridgehead atoms. The first-order valence-electron chi connectivity index (χ1n) is 12.2. The van der Waals surface area contributed by atoms with E-state index >= 15 is 0 Å². The highest BCUT2D eigenvalue weighted by Crippen LogP contribution is 2.31. The number of anilines is 2. The van der Waals surface area contributed by atoms with Gasteiger partial charge in [-0.1, -0.05) is 52.0 Å². The van der Waals surface area contributed by atoms with Crippen molar-refractivity contribution in [3.8, 4) is 22.5 Å². The molecule has 3 rings (SSSR count). The SMILES string of the molecule is CCCN(CCC)c1ccc(-c2nnc(Cl)nc2-c2ccc(N(CCC)CCC)cc2)cc1. The van der Waals surface area contributed by atoms with E-state index in [1.54, 1.807) is 0 Å². The molecule has 0 saturated carbocycles. The second kappa shape index (κ2) is 12.5. The lowest BCUT2D eigenvalue weighted by molar-refractivity contribution is 0.745. The fourth-order valence-electron chi connectivity index (χ4n) is 4.18. The van der Waals surface area contributed by atoms with Gasteiger partial charge in [-0.2, -0.15) is 0 Å². The van der Waals surface area contributed by atoms with E-state index in [-0.39, 0.29) is 5.28 Å². The Morgan fingerprint density at radius 3 is 1.36 bits per heavy atom. The predicted octanol–water partition coefficient (Wildman–Crippen LogP) is 7.11. The predicted molar refractivity (Wildman–Crippen MR) is 141 cm³/mol. The molecule has 0 saturated heterocycles. The highest BCUT2D eigenvalue weighted by Gasteiger charge is 2.15. The third-order valence-electron chi connectivity index (χ3n) is 5.65. The molecular weight excluding hydrogens is 430 g/mol. The molecule has 0 aliphatic carbocycles. The van der Waals surface area contributed by atoms with E-state index in [2.05, 4.69) is 101 Å². The lowest BCUT2D eigenvalue weighted by Crippen LogP contribution is -2.24.